The van der Waals surface area contributed by atoms with Gasteiger partial charge in [0.15, 0.2) is 0 Å². The van der Waals surface area contributed by atoms with Crippen molar-refractivity contribution in [3.63, 3.8) is 0 Å². The highest BCUT2D eigenvalue weighted by Gasteiger charge is 2.61. The number of benzene rings is 2. The summed E-state index contributed by atoms with van der Waals surface area (Å²) < 4.78 is 18.6. The molecule has 1 N–H and O–H groups in total. The van der Waals surface area contributed by atoms with Gasteiger partial charge in [-0.1, -0.05) is 29.8 Å². The van der Waals surface area contributed by atoms with Crippen LogP contribution in [0, 0.1) is 18.7 Å². The van der Waals surface area contributed by atoms with Gasteiger partial charge in [0.1, 0.15) is 11.6 Å². The van der Waals surface area contributed by atoms with E-state index in [9.17, 15) is 9.18 Å². The fraction of sp³-hybridized carbons (Fsp3) is 0.381. The molecule has 1 saturated carbocycles. The Bertz CT molecular complexity index is 836. The van der Waals surface area contributed by atoms with Crippen LogP contribution in [0.4, 0.5) is 9.18 Å². The van der Waals surface area contributed by atoms with Crippen molar-refractivity contribution in [1.82, 2.24) is 10.2 Å². The summed E-state index contributed by atoms with van der Waals surface area (Å²) in [6.45, 7) is 3.90. The monoisotopic (exact) mass is 354 g/mol. The molecule has 4 nitrogen and oxygen atoms in total. The molecule has 2 amide bonds. The van der Waals surface area contributed by atoms with Gasteiger partial charge in [-0.05, 0) is 42.5 Å². The molecule has 2 aliphatic rings. The predicted octanol–water partition coefficient (Wildman–Crippen LogP) is 3.63. The van der Waals surface area contributed by atoms with Gasteiger partial charge in [-0.25, -0.2) is 9.18 Å². The molecule has 1 heterocycles. The molecule has 0 radical (unpaired) electrons. The number of nitrogens with one attached hydrogen (secondary N) is 1. The van der Waals surface area contributed by atoms with Crippen LogP contribution in [0.5, 0.6) is 5.75 Å². The Hall–Kier alpha value is -2.56. The SMILES string of the molecule is COc1cc(F)cc(CNC(=O)N2CC3CC3(c3ccc(C)cc3)C2)c1. The summed E-state index contributed by atoms with van der Waals surface area (Å²) in [5, 5.41) is 2.90. The second kappa shape index (κ2) is 6.31. The van der Waals surface area contributed by atoms with Crippen LogP contribution in [0.25, 0.3) is 0 Å². The van der Waals surface area contributed by atoms with Gasteiger partial charge < -0.3 is 15.0 Å². The smallest absolute Gasteiger partial charge is 0.317 e. The summed E-state index contributed by atoms with van der Waals surface area (Å²) >= 11 is 0. The number of aryl methyl sites for hydroxylation is 1. The van der Waals surface area contributed by atoms with Crippen LogP contribution in [0.1, 0.15) is 23.1 Å². The molecule has 2 atom stereocenters. The van der Waals surface area contributed by atoms with E-state index in [1.54, 1.807) is 6.07 Å². The van der Waals surface area contributed by atoms with E-state index < -0.39 is 0 Å². The maximum absolute atomic E-state index is 13.6. The number of halogens is 1. The molecule has 1 saturated heterocycles. The lowest BCUT2D eigenvalue weighted by molar-refractivity contribution is 0.202. The van der Waals surface area contributed by atoms with Gasteiger partial charge in [0.2, 0.25) is 0 Å². The first-order chi connectivity index (χ1) is 12.5. The lowest BCUT2D eigenvalue weighted by Crippen LogP contribution is -2.40. The van der Waals surface area contributed by atoms with E-state index >= 15 is 0 Å². The van der Waals surface area contributed by atoms with Gasteiger partial charge in [0.05, 0.1) is 7.11 Å². The van der Waals surface area contributed by atoms with E-state index in [0.717, 1.165) is 19.5 Å². The van der Waals surface area contributed by atoms with E-state index in [1.807, 2.05) is 4.90 Å². The summed E-state index contributed by atoms with van der Waals surface area (Å²) in [4.78, 5) is 14.4. The number of ether oxygens (including phenoxy) is 1. The molecule has 26 heavy (non-hydrogen) atoms. The number of fused-ring (bicyclic) bond motifs is 1. The minimum Gasteiger partial charge on any atom is -0.497 e. The number of hydrogen-bond donors (Lipinski definition) is 1. The molecule has 1 aliphatic carbocycles. The number of urea groups is 1. The summed E-state index contributed by atoms with van der Waals surface area (Å²) in [7, 11) is 1.50. The van der Waals surface area contributed by atoms with Crippen molar-refractivity contribution in [2.75, 3.05) is 20.2 Å². The molecular weight excluding hydrogens is 331 g/mol. The molecule has 1 aliphatic heterocycles. The number of nitrogens with zero attached hydrogens (tertiary/aromatic N) is 1. The van der Waals surface area contributed by atoms with E-state index in [0.29, 0.717) is 17.2 Å². The Morgan fingerprint density at radius 3 is 2.81 bits per heavy atom. The van der Waals surface area contributed by atoms with Crippen molar-refractivity contribution in [2.45, 2.75) is 25.3 Å². The summed E-state index contributed by atoms with van der Waals surface area (Å²) in [5.74, 6) is 0.634. The Balaban J connectivity index is 1.38. The van der Waals surface area contributed by atoms with Crippen molar-refractivity contribution in [3.8, 4) is 5.75 Å². The van der Waals surface area contributed by atoms with Crippen LogP contribution in [0.3, 0.4) is 0 Å². The molecule has 136 valence electrons. The van der Waals surface area contributed by atoms with Gasteiger partial charge >= 0.3 is 6.03 Å². The van der Waals surface area contributed by atoms with Gasteiger partial charge in [-0.2, -0.15) is 0 Å². The maximum Gasteiger partial charge on any atom is 0.317 e. The summed E-state index contributed by atoms with van der Waals surface area (Å²) in [5.41, 5.74) is 3.40. The van der Waals surface area contributed by atoms with Crippen LogP contribution in [0.15, 0.2) is 42.5 Å². The van der Waals surface area contributed by atoms with E-state index in [2.05, 4.69) is 36.5 Å². The van der Waals surface area contributed by atoms with E-state index in [-0.39, 0.29) is 23.8 Å². The topological polar surface area (TPSA) is 41.6 Å². The highest BCUT2D eigenvalue weighted by atomic mass is 19.1. The highest BCUT2D eigenvalue weighted by Crippen LogP contribution is 2.58. The van der Waals surface area contributed by atoms with Crippen LogP contribution in [-0.4, -0.2) is 31.1 Å². The van der Waals surface area contributed by atoms with Gasteiger partial charge in [-0.15, -0.1) is 0 Å². The zero-order valence-electron chi connectivity index (χ0n) is 15.1. The van der Waals surface area contributed by atoms with Gasteiger partial charge in [0.25, 0.3) is 0 Å². The number of carbonyl (C=O) groups is 1. The molecule has 0 aromatic heterocycles. The predicted molar refractivity (Wildman–Crippen MR) is 97.7 cm³/mol. The van der Waals surface area contributed by atoms with Crippen LogP contribution >= 0.6 is 0 Å². The minimum atomic E-state index is -0.366. The average molecular weight is 354 g/mol. The van der Waals surface area contributed by atoms with Crippen molar-refractivity contribution in [3.05, 3.63) is 65.0 Å². The lowest BCUT2D eigenvalue weighted by Gasteiger charge is -2.22. The van der Waals surface area contributed by atoms with Crippen molar-refractivity contribution in [2.24, 2.45) is 5.92 Å². The Kier molecular flexibility index (Phi) is 4.10. The number of likely N-dealkylation sites (tertiary alicyclic amines) is 1. The largest absolute Gasteiger partial charge is 0.497 e. The number of piperidine rings is 1. The first-order valence-electron chi connectivity index (χ1n) is 8.93. The lowest BCUT2D eigenvalue weighted by atomic mass is 9.94. The molecule has 2 unspecified atom stereocenters. The Labute approximate surface area is 153 Å². The standard InChI is InChI=1S/C21H23FN2O2/c1-14-3-5-16(6-4-14)21-10-17(21)12-24(13-21)20(25)23-11-15-7-18(22)9-19(8-15)26-2/h3-9,17H,10-13H2,1-2H3,(H,23,25). The molecule has 0 spiro atoms. The van der Waals surface area contributed by atoms with Crippen molar-refractivity contribution < 1.29 is 13.9 Å². The molecule has 2 aromatic rings. The zero-order chi connectivity index (χ0) is 18.3. The molecule has 2 aromatic carbocycles. The fourth-order valence-electron chi connectivity index (χ4n) is 4.10. The third kappa shape index (κ3) is 3.02. The van der Waals surface area contributed by atoms with E-state index in [4.69, 9.17) is 4.74 Å². The average Bonchev–Trinajstić information content (AvgIpc) is 3.20. The van der Waals surface area contributed by atoms with Gasteiger partial charge in [0, 0.05) is 31.1 Å². The number of methoxy groups -OCH3 is 1. The van der Waals surface area contributed by atoms with Crippen LogP contribution < -0.4 is 10.1 Å². The third-order valence-corrected chi connectivity index (χ3v) is 5.67. The van der Waals surface area contributed by atoms with Crippen molar-refractivity contribution in [1.29, 1.82) is 0 Å². The summed E-state index contributed by atoms with van der Waals surface area (Å²) in [6.07, 6.45) is 1.15. The number of carbonyl (C=O) groups excluding carboxylic acids is 1. The third-order valence-electron chi connectivity index (χ3n) is 5.67. The quantitative estimate of drug-likeness (QED) is 0.911. The fourth-order valence-corrected chi connectivity index (χ4v) is 4.10. The molecule has 5 heteroatoms. The number of rotatable bonds is 4. The van der Waals surface area contributed by atoms with Crippen molar-refractivity contribution >= 4 is 6.03 Å². The molecule has 4 rings (SSSR count). The molecule has 0 bridgehead atoms. The summed E-state index contributed by atoms with van der Waals surface area (Å²) in [6, 6.07) is 13.0. The molecular formula is C21H23FN2O2. The number of amides is 2. The Morgan fingerprint density at radius 1 is 1.31 bits per heavy atom. The zero-order valence-corrected chi connectivity index (χ0v) is 15.1. The Morgan fingerprint density at radius 2 is 2.08 bits per heavy atom. The van der Waals surface area contributed by atoms with Crippen LogP contribution in [0.2, 0.25) is 0 Å². The highest BCUT2D eigenvalue weighted by molar-refractivity contribution is 5.75. The normalized spacial score (nSPS) is 23.5. The maximum atomic E-state index is 13.6. The minimum absolute atomic E-state index is 0.0908. The second-order valence-corrected chi connectivity index (χ2v) is 7.46. The van der Waals surface area contributed by atoms with Crippen LogP contribution in [-0.2, 0) is 12.0 Å². The van der Waals surface area contributed by atoms with Gasteiger partial charge in [-0.3, -0.25) is 0 Å². The van der Waals surface area contributed by atoms with E-state index in [1.165, 1.54) is 30.4 Å². The number of hydrogen-bond acceptors (Lipinski definition) is 2. The first kappa shape index (κ1) is 16.9. The second-order valence-electron chi connectivity index (χ2n) is 7.46. The molecule has 2 fully saturated rings. The first-order valence-corrected chi connectivity index (χ1v) is 8.93.